The van der Waals surface area contributed by atoms with Crippen molar-refractivity contribution in [2.75, 3.05) is 20.3 Å². The van der Waals surface area contributed by atoms with Crippen LogP contribution in [0.5, 0.6) is 11.5 Å². The van der Waals surface area contributed by atoms with Gasteiger partial charge in [0.2, 0.25) is 0 Å². The highest BCUT2D eigenvalue weighted by molar-refractivity contribution is 5.72. The molecule has 1 aromatic carbocycles. The molecule has 0 aliphatic carbocycles. The Hall–Kier alpha value is -1.79. The zero-order chi connectivity index (χ0) is 14.3. The number of hydrogen-bond donors (Lipinski definition) is 3. The molecule has 19 heavy (non-hydrogen) atoms. The number of carboxylic acids is 1. The molecular formula is C13H19NO5. The summed E-state index contributed by atoms with van der Waals surface area (Å²) in [7, 11) is 1.53. The molecule has 0 amide bonds. The van der Waals surface area contributed by atoms with Crippen molar-refractivity contribution in [3.63, 3.8) is 0 Å². The molecule has 0 unspecified atom stereocenters. The molecule has 0 fully saturated rings. The van der Waals surface area contributed by atoms with Gasteiger partial charge in [0.25, 0.3) is 0 Å². The molecule has 0 aromatic heterocycles. The van der Waals surface area contributed by atoms with Crippen molar-refractivity contribution >= 4 is 5.97 Å². The third-order valence-corrected chi connectivity index (χ3v) is 2.56. The summed E-state index contributed by atoms with van der Waals surface area (Å²) in [6.07, 6.45) is 0. The van der Waals surface area contributed by atoms with Gasteiger partial charge in [-0.25, -0.2) is 0 Å². The quantitative estimate of drug-likeness (QED) is 0.641. The smallest absolute Gasteiger partial charge is 0.320 e. The first-order valence-corrected chi connectivity index (χ1v) is 5.95. The highest BCUT2D eigenvalue weighted by atomic mass is 16.5. The highest BCUT2D eigenvalue weighted by Gasteiger charge is 2.10. The number of aliphatic hydroxyl groups is 1. The lowest BCUT2D eigenvalue weighted by Gasteiger charge is -2.13. The van der Waals surface area contributed by atoms with Crippen molar-refractivity contribution in [1.82, 2.24) is 5.32 Å². The van der Waals surface area contributed by atoms with Crippen LogP contribution in [0.3, 0.4) is 0 Å². The largest absolute Gasteiger partial charge is 0.493 e. The van der Waals surface area contributed by atoms with Gasteiger partial charge in [-0.2, -0.15) is 0 Å². The molecule has 0 saturated heterocycles. The van der Waals surface area contributed by atoms with Crippen LogP contribution in [0, 0.1) is 0 Å². The first-order valence-electron chi connectivity index (χ1n) is 5.95. The molecule has 0 aliphatic heterocycles. The minimum Gasteiger partial charge on any atom is -0.493 e. The highest BCUT2D eigenvalue weighted by Crippen LogP contribution is 2.27. The molecule has 0 spiro atoms. The van der Waals surface area contributed by atoms with Crippen LogP contribution in [0.1, 0.15) is 12.5 Å². The van der Waals surface area contributed by atoms with E-state index in [-0.39, 0.29) is 13.2 Å². The van der Waals surface area contributed by atoms with E-state index in [1.165, 1.54) is 7.11 Å². The van der Waals surface area contributed by atoms with Crippen LogP contribution in [0.25, 0.3) is 0 Å². The number of nitrogens with one attached hydrogen (secondary N) is 1. The Morgan fingerprint density at radius 2 is 2.16 bits per heavy atom. The molecule has 0 bridgehead atoms. The average molecular weight is 269 g/mol. The zero-order valence-electron chi connectivity index (χ0n) is 11.0. The zero-order valence-corrected chi connectivity index (χ0v) is 11.0. The van der Waals surface area contributed by atoms with Gasteiger partial charge in [-0.05, 0) is 24.6 Å². The lowest BCUT2D eigenvalue weighted by Crippen LogP contribution is -2.33. The van der Waals surface area contributed by atoms with Crippen molar-refractivity contribution in [3.8, 4) is 11.5 Å². The Balaban J connectivity index is 2.68. The van der Waals surface area contributed by atoms with E-state index in [9.17, 15) is 4.79 Å². The summed E-state index contributed by atoms with van der Waals surface area (Å²) in [5.74, 6) is 0.206. The molecule has 6 heteroatoms. The molecule has 0 saturated carbocycles. The molecule has 0 aliphatic rings. The minimum atomic E-state index is -0.894. The van der Waals surface area contributed by atoms with E-state index < -0.39 is 12.0 Å². The summed E-state index contributed by atoms with van der Waals surface area (Å²) < 4.78 is 10.5. The van der Waals surface area contributed by atoms with Crippen molar-refractivity contribution in [3.05, 3.63) is 23.8 Å². The van der Waals surface area contributed by atoms with E-state index in [4.69, 9.17) is 19.7 Å². The van der Waals surface area contributed by atoms with Crippen molar-refractivity contribution in [2.45, 2.75) is 19.5 Å². The van der Waals surface area contributed by atoms with Crippen LogP contribution in [-0.4, -0.2) is 42.5 Å². The number of methoxy groups -OCH3 is 1. The number of aliphatic carboxylic acids is 1. The summed E-state index contributed by atoms with van der Waals surface area (Å²) in [6.45, 7) is 2.13. The Morgan fingerprint density at radius 1 is 1.42 bits per heavy atom. The van der Waals surface area contributed by atoms with E-state index >= 15 is 0 Å². The van der Waals surface area contributed by atoms with Crippen LogP contribution in [0.15, 0.2) is 18.2 Å². The van der Waals surface area contributed by atoms with Crippen molar-refractivity contribution in [1.29, 1.82) is 0 Å². The SMILES string of the molecule is COc1cc(CN[C@@H](C)C(=O)O)ccc1OCCO. The summed E-state index contributed by atoms with van der Waals surface area (Å²) in [4.78, 5) is 10.7. The molecule has 106 valence electrons. The van der Waals surface area contributed by atoms with Gasteiger partial charge in [-0.3, -0.25) is 4.79 Å². The van der Waals surface area contributed by atoms with E-state index in [2.05, 4.69) is 5.32 Å². The molecule has 1 atom stereocenters. The van der Waals surface area contributed by atoms with Gasteiger partial charge in [0.1, 0.15) is 12.6 Å². The Bertz CT molecular complexity index is 421. The summed E-state index contributed by atoms with van der Waals surface area (Å²) in [5.41, 5.74) is 0.890. The van der Waals surface area contributed by atoms with Crippen molar-refractivity contribution in [2.24, 2.45) is 0 Å². The minimum absolute atomic E-state index is 0.0669. The topological polar surface area (TPSA) is 88.0 Å². The van der Waals surface area contributed by atoms with Crippen LogP contribution in [-0.2, 0) is 11.3 Å². The van der Waals surface area contributed by atoms with Gasteiger partial charge >= 0.3 is 5.97 Å². The van der Waals surface area contributed by atoms with Crippen LogP contribution in [0.2, 0.25) is 0 Å². The fourth-order valence-electron chi connectivity index (χ4n) is 1.46. The van der Waals surface area contributed by atoms with Gasteiger partial charge in [0, 0.05) is 6.54 Å². The van der Waals surface area contributed by atoms with Gasteiger partial charge in [0.15, 0.2) is 11.5 Å². The van der Waals surface area contributed by atoms with Crippen LogP contribution >= 0.6 is 0 Å². The normalized spacial score (nSPS) is 11.9. The standard InChI is InChI=1S/C13H19NO5/c1-9(13(16)17)14-8-10-3-4-11(19-6-5-15)12(7-10)18-2/h3-4,7,9,14-15H,5-6,8H2,1-2H3,(H,16,17)/t9-/m0/s1. The van der Waals surface area contributed by atoms with E-state index in [1.54, 1.807) is 19.1 Å². The van der Waals surface area contributed by atoms with Gasteiger partial charge in [0.05, 0.1) is 13.7 Å². The molecule has 6 nitrogen and oxygen atoms in total. The Labute approximate surface area is 112 Å². The molecule has 3 N–H and O–H groups in total. The van der Waals surface area contributed by atoms with Gasteiger partial charge < -0.3 is 25.0 Å². The molecule has 0 radical (unpaired) electrons. The van der Waals surface area contributed by atoms with E-state index in [0.717, 1.165) is 5.56 Å². The number of carbonyl (C=O) groups is 1. The molecule has 1 aromatic rings. The maximum atomic E-state index is 10.7. The maximum absolute atomic E-state index is 10.7. The lowest BCUT2D eigenvalue weighted by atomic mass is 10.2. The van der Waals surface area contributed by atoms with Crippen molar-refractivity contribution < 1.29 is 24.5 Å². The predicted octanol–water partition coefficient (Wildman–Crippen LogP) is 0.629. The predicted molar refractivity (Wildman–Crippen MR) is 69.5 cm³/mol. The lowest BCUT2D eigenvalue weighted by molar-refractivity contribution is -0.139. The monoisotopic (exact) mass is 269 g/mol. The average Bonchev–Trinajstić information content (AvgIpc) is 2.42. The molecular weight excluding hydrogens is 250 g/mol. The second-order valence-electron chi connectivity index (χ2n) is 4.00. The number of benzene rings is 1. The van der Waals surface area contributed by atoms with Crippen LogP contribution < -0.4 is 14.8 Å². The number of carboxylic acid groups (broad SMARTS) is 1. The second kappa shape index (κ2) is 7.60. The Morgan fingerprint density at radius 3 is 2.74 bits per heavy atom. The summed E-state index contributed by atoms with van der Waals surface area (Å²) in [5, 5.41) is 20.4. The third-order valence-electron chi connectivity index (χ3n) is 2.56. The van der Waals surface area contributed by atoms with E-state index in [0.29, 0.717) is 18.0 Å². The fraction of sp³-hybridized carbons (Fsp3) is 0.462. The second-order valence-corrected chi connectivity index (χ2v) is 4.00. The summed E-state index contributed by atoms with van der Waals surface area (Å²) in [6, 6.07) is 4.71. The van der Waals surface area contributed by atoms with Crippen LogP contribution in [0.4, 0.5) is 0 Å². The molecule has 1 rings (SSSR count). The first-order chi connectivity index (χ1) is 9.08. The van der Waals surface area contributed by atoms with Gasteiger partial charge in [-0.15, -0.1) is 0 Å². The Kier molecular flexibility index (Phi) is 6.11. The maximum Gasteiger partial charge on any atom is 0.320 e. The molecule has 0 heterocycles. The number of hydrogen-bond acceptors (Lipinski definition) is 5. The summed E-state index contributed by atoms with van der Waals surface area (Å²) >= 11 is 0. The van der Waals surface area contributed by atoms with E-state index in [1.807, 2.05) is 6.07 Å². The number of ether oxygens (including phenoxy) is 2. The number of aliphatic hydroxyl groups excluding tert-OH is 1. The number of rotatable bonds is 8. The first kappa shape index (κ1) is 15.3. The fourth-order valence-corrected chi connectivity index (χ4v) is 1.46. The third kappa shape index (κ3) is 4.76. The van der Waals surface area contributed by atoms with Gasteiger partial charge in [-0.1, -0.05) is 6.07 Å².